The average molecular weight is 246 g/mol. The van der Waals surface area contributed by atoms with Gasteiger partial charge in [-0.05, 0) is 17.7 Å². The first-order valence-electron chi connectivity index (χ1n) is 4.89. The van der Waals surface area contributed by atoms with Crippen LogP contribution in [0.25, 0.3) is 21.3 Å². The number of hydrogen-bond acceptors (Lipinski definition) is 4. The summed E-state index contributed by atoms with van der Waals surface area (Å²) in [6.45, 7) is 0. The van der Waals surface area contributed by atoms with Gasteiger partial charge in [-0.15, -0.1) is 0 Å². The summed E-state index contributed by atoms with van der Waals surface area (Å²) in [5, 5.41) is 3.84. The van der Waals surface area contributed by atoms with Crippen molar-refractivity contribution in [1.29, 1.82) is 0 Å². The zero-order valence-corrected chi connectivity index (χ0v) is 9.29. The minimum atomic E-state index is -0.670. The van der Waals surface area contributed by atoms with Crippen LogP contribution in [0, 0.1) is 5.82 Å². The highest BCUT2D eigenvalue weighted by Crippen LogP contribution is 2.29. The molecule has 0 saturated heterocycles. The minimum absolute atomic E-state index is 0.0365. The van der Waals surface area contributed by atoms with Crippen LogP contribution in [0.1, 0.15) is 10.4 Å². The number of rotatable bonds is 2. The van der Waals surface area contributed by atoms with Gasteiger partial charge >= 0.3 is 5.97 Å². The van der Waals surface area contributed by atoms with Gasteiger partial charge < -0.3 is 4.74 Å². The van der Waals surface area contributed by atoms with E-state index in [1.54, 1.807) is 0 Å². The summed E-state index contributed by atoms with van der Waals surface area (Å²) in [6, 6.07) is 3.78. The van der Waals surface area contributed by atoms with Crippen molar-refractivity contribution in [2.45, 2.75) is 0 Å². The van der Waals surface area contributed by atoms with E-state index in [4.69, 9.17) is 5.53 Å². The first-order valence-corrected chi connectivity index (χ1v) is 4.89. The summed E-state index contributed by atoms with van der Waals surface area (Å²) in [6.07, 6.45) is 1.19. The molecule has 0 atom stereocenters. The molecular weight excluding hydrogens is 239 g/mol. The minimum Gasteiger partial charge on any atom is -0.465 e. The number of methoxy groups -OCH3 is 1. The molecule has 0 unspecified atom stereocenters. The zero-order valence-electron chi connectivity index (χ0n) is 9.29. The molecule has 0 bridgehead atoms. The van der Waals surface area contributed by atoms with Crippen LogP contribution in [-0.2, 0) is 4.74 Å². The molecule has 0 amide bonds. The number of halogens is 1. The quantitative estimate of drug-likeness (QED) is 0.353. The Morgan fingerprint density at radius 3 is 3.00 bits per heavy atom. The summed E-state index contributed by atoms with van der Waals surface area (Å²) in [5.74, 6) is -1.14. The molecular formula is C11H7FN4O2. The van der Waals surface area contributed by atoms with Gasteiger partial charge in [0.1, 0.15) is 5.82 Å². The number of pyridine rings is 1. The molecule has 0 radical (unpaired) electrons. The molecule has 90 valence electrons. The van der Waals surface area contributed by atoms with E-state index in [0.717, 1.165) is 0 Å². The van der Waals surface area contributed by atoms with Crippen molar-refractivity contribution < 1.29 is 13.9 Å². The number of ether oxygens (including phenoxy) is 1. The Bertz CT molecular complexity index is 680. The van der Waals surface area contributed by atoms with Gasteiger partial charge in [0.25, 0.3) is 0 Å². The number of aromatic nitrogens is 1. The van der Waals surface area contributed by atoms with E-state index >= 15 is 0 Å². The Balaban J connectivity index is 2.82. The molecule has 0 aliphatic rings. The number of hydrogen-bond donors (Lipinski definition) is 0. The molecule has 0 aliphatic carbocycles. The first kappa shape index (κ1) is 11.8. The predicted octanol–water partition coefficient (Wildman–Crippen LogP) is 3.10. The van der Waals surface area contributed by atoms with E-state index in [2.05, 4.69) is 19.7 Å². The number of nitrogens with zero attached hydrogens (tertiary/aromatic N) is 4. The van der Waals surface area contributed by atoms with Crippen LogP contribution >= 0.6 is 0 Å². The average Bonchev–Trinajstić information content (AvgIpc) is 2.38. The molecule has 2 rings (SSSR count). The summed E-state index contributed by atoms with van der Waals surface area (Å²) in [4.78, 5) is 18.1. The van der Waals surface area contributed by atoms with E-state index in [-0.39, 0.29) is 11.3 Å². The number of carbonyl (C=O) groups excluding carboxylic acids is 1. The van der Waals surface area contributed by atoms with E-state index in [1.807, 2.05) is 0 Å². The molecule has 1 aromatic heterocycles. The second-order valence-corrected chi connectivity index (χ2v) is 3.36. The molecule has 1 aromatic carbocycles. The highest BCUT2D eigenvalue weighted by Gasteiger charge is 2.15. The van der Waals surface area contributed by atoms with Gasteiger partial charge in [0.15, 0.2) is 0 Å². The van der Waals surface area contributed by atoms with Crippen molar-refractivity contribution in [1.82, 2.24) is 4.98 Å². The Morgan fingerprint density at radius 2 is 2.33 bits per heavy atom. The molecule has 0 saturated carbocycles. The van der Waals surface area contributed by atoms with Crippen molar-refractivity contribution >= 4 is 22.6 Å². The fourth-order valence-corrected chi connectivity index (χ4v) is 1.56. The van der Waals surface area contributed by atoms with Gasteiger partial charge in [-0.3, -0.25) is 4.98 Å². The smallest absolute Gasteiger partial charge is 0.339 e. The molecule has 18 heavy (non-hydrogen) atoms. The van der Waals surface area contributed by atoms with Crippen LogP contribution in [0.2, 0.25) is 0 Å². The molecule has 0 aliphatic heterocycles. The second-order valence-electron chi connectivity index (χ2n) is 3.36. The van der Waals surface area contributed by atoms with Crippen molar-refractivity contribution in [3.05, 3.63) is 46.2 Å². The maximum atomic E-state index is 13.0. The number of carbonyl (C=O) groups is 1. The van der Waals surface area contributed by atoms with Crippen LogP contribution < -0.4 is 0 Å². The van der Waals surface area contributed by atoms with Crippen LogP contribution in [-0.4, -0.2) is 18.1 Å². The van der Waals surface area contributed by atoms with E-state index in [0.29, 0.717) is 10.9 Å². The monoisotopic (exact) mass is 246 g/mol. The van der Waals surface area contributed by atoms with Gasteiger partial charge in [0.2, 0.25) is 0 Å². The lowest BCUT2D eigenvalue weighted by Gasteiger charge is -2.06. The topological polar surface area (TPSA) is 88.0 Å². The van der Waals surface area contributed by atoms with Gasteiger partial charge in [0, 0.05) is 22.6 Å². The van der Waals surface area contributed by atoms with Crippen molar-refractivity contribution in [3.63, 3.8) is 0 Å². The normalized spacial score (nSPS) is 9.89. The van der Waals surface area contributed by atoms with Gasteiger partial charge in [0.05, 0.1) is 23.9 Å². The first-order chi connectivity index (χ1) is 8.67. The Kier molecular flexibility index (Phi) is 3.07. The SMILES string of the molecule is COC(=O)c1cnc2cc(F)ccc2c1N=[N+]=[N-]. The standard InChI is InChI=1S/C11H7FN4O2/c1-18-11(17)8-5-14-9-4-6(12)2-3-7(9)10(8)15-16-13/h2-5H,1H3. The number of azide groups is 1. The van der Waals surface area contributed by atoms with E-state index < -0.39 is 11.8 Å². The third-order valence-corrected chi connectivity index (χ3v) is 2.35. The molecule has 1 heterocycles. The third-order valence-electron chi connectivity index (χ3n) is 2.35. The van der Waals surface area contributed by atoms with Crippen LogP contribution in [0.5, 0.6) is 0 Å². The number of fused-ring (bicyclic) bond motifs is 1. The van der Waals surface area contributed by atoms with Crippen molar-refractivity contribution in [2.75, 3.05) is 7.11 Å². The largest absolute Gasteiger partial charge is 0.465 e. The summed E-state index contributed by atoms with van der Waals surface area (Å²) in [7, 11) is 1.21. The predicted molar refractivity (Wildman–Crippen MR) is 61.8 cm³/mol. The van der Waals surface area contributed by atoms with E-state index in [1.165, 1.54) is 31.5 Å². The summed E-state index contributed by atoms with van der Waals surface area (Å²) in [5.41, 5.74) is 8.94. The summed E-state index contributed by atoms with van der Waals surface area (Å²) < 4.78 is 17.6. The number of benzene rings is 1. The van der Waals surface area contributed by atoms with Crippen molar-refractivity contribution in [3.8, 4) is 0 Å². The van der Waals surface area contributed by atoms with Gasteiger partial charge in [-0.1, -0.05) is 5.11 Å². The molecule has 0 N–H and O–H groups in total. The lowest BCUT2D eigenvalue weighted by atomic mass is 10.1. The van der Waals surface area contributed by atoms with Gasteiger partial charge in [-0.2, -0.15) is 0 Å². The lowest BCUT2D eigenvalue weighted by molar-refractivity contribution is 0.0601. The maximum Gasteiger partial charge on any atom is 0.339 e. The van der Waals surface area contributed by atoms with Crippen molar-refractivity contribution in [2.24, 2.45) is 5.11 Å². The maximum absolute atomic E-state index is 13.0. The Labute approximate surface area is 101 Å². The van der Waals surface area contributed by atoms with Crippen LogP contribution in [0.3, 0.4) is 0 Å². The zero-order chi connectivity index (χ0) is 13.1. The highest BCUT2D eigenvalue weighted by atomic mass is 19.1. The molecule has 6 nitrogen and oxygen atoms in total. The molecule has 2 aromatic rings. The van der Waals surface area contributed by atoms with Crippen LogP contribution in [0.15, 0.2) is 29.5 Å². The molecule has 7 heteroatoms. The van der Waals surface area contributed by atoms with Crippen LogP contribution in [0.4, 0.5) is 10.1 Å². The van der Waals surface area contributed by atoms with Gasteiger partial charge in [-0.25, -0.2) is 9.18 Å². The third kappa shape index (κ3) is 1.94. The lowest BCUT2D eigenvalue weighted by Crippen LogP contribution is -2.02. The number of esters is 1. The summed E-state index contributed by atoms with van der Waals surface area (Å²) >= 11 is 0. The molecule has 0 fully saturated rings. The van der Waals surface area contributed by atoms with E-state index in [9.17, 15) is 9.18 Å². The Morgan fingerprint density at radius 1 is 1.56 bits per heavy atom. The molecule has 0 spiro atoms. The Hall–Kier alpha value is -2.66. The second kappa shape index (κ2) is 4.68. The fourth-order valence-electron chi connectivity index (χ4n) is 1.56. The fraction of sp³-hybridized carbons (Fsp3) is 0.0909. The highest BCUT2D eigenvalue weighted by molar-refractivity contribution is 6.03.